The molecule has 1 aromatic heterocycles. The lowest BCUT2D eigenvalue weighted by Gasteiger charge is -2.29. The molecule has 2 N–H and O–H groups in total. The van der Waals surface area contributed by atoms with Gasteiger partial charge in [-0.15, -0.1) is 0 Å². The van der Waals surface area contributed by atoms with Gasteiger partial charge in [0.1, 0.15) is 11.6 Å². The van der Waals surface area contributed by atoms with Crippen LogP contribution < -0.4 is 15.5 Å². The highest BCUT2D eigenvalue weighted by atomic mass is 19.4. The summed E-state index contributed by atoms with van der Waals surface area (Å²) in [6.45, 7) is -0.301. The van der Waals surface area contributed by atoms with Crippen molar-refractivity contribution < 1.29 is 22.4 Å². The summed E-state index contributed by atoms with van der Waals surface area (Å²) in [4.78, 5) is 23.8. The summed E-state index contributed by atoms with van der Waals surface area (Å²) >= 11 is 0. The maximum Gasteiger partial charge on any atom is 0.416 e. The highest BCUT2D eigenvalue weighted by Gasteiger charge is 2.34. The zero-order valence-corrected chi connectivity index (χ0v) is 19.5. The number of nitrogens with zero attached hydrogens (tertiary/aromatic N) is 3. The fraction of sp³-hybridized carbons (Fsp3) is 0.400. The predicted octanol–water partition coefficient (Wildman–Crippen LogP) is 5.14. The lowest BCUT2D eigenvalue weighted by Crippen LogP contribution is -2.36. The summed E-state index contributed by atoms with van der Waals surface area (Å²) in [6, 6.07) is 10.3. The predicted molar refractivity (Wildman–Crippen MR) is 126 cm³/mol. The van der Waals surface area contributed by atoms with E-state index < -0.39 is 17.6 Å². The zero-order chi connectivity index (χ0) is 25.2. The van der Waals surface area contributed by atoms with Crippen LogP contribution in [0.3, 0.4) is 0 Å². The quantitative estimate of drug-likeness (QED) is 0.469. The Balaban J connectivity index is 1.35. The Morgan fingerprint density at radius 1 is 1.06 bits per heavy atom. The van der Waals surface area contributed by atoms with Gasteiger partial charge < -0.3 is 15.5 Å². The maximum atomic E-state index is 13.3. The van der Waals surface area contributed by atoms with Gasteiger partial charge in [0.05, 0.1) is 11.1 Å². The third-order valence-corrected chi connectivity index (χ3v) is 6.27. The molecule has 2 aromatic carbocycles. The molecule has 35 heavy (non-hydrogen) atoms. The van der Waals surface area contributed by atoms with Crippen molar-refractivity contribution in [2.24, 2.45) is 5.92 Å². The van der Waals surface area contributed by atoms with Gasteiger partial charge in [-0.2, -0.15) is 18.2 Å². The number of anilines is 2. The van der Waals surface area contributed by atoms with Crippen molar-refractivity contribution in [1.29, 1.82) is 0 Å². The van der Waals surface area contributed by atoms with Crippen LogP contribution in [-0.4, -0.2) is 36.0 Å². The van der Waals surface area contributed by atoms with Crippen LogP contribution in [0.1, 0.15) is 36.8 Å². The average molecular weight is 490 g/mol. The lowest BCUT2D eigenvalue weighted by molar-refractivity contribution is -0.138. The topological polar surface area (TPSA) is 70.2 Å². The number of nitrogens with one attached hydrogen (secondary N) is 2. The van der Waals surface area contributed by atoms with E-state index >= 15 is 0 Å². The number of carbonyl (C=O) groups excluding carboxylic acids is 1. The second kappa shape index (κ2) is 10.1. The van der Waals surface area contributed by atoms with E-state index in [0.29, 0.717) is 37.7 Å². The van der Waals surface area contributed by atoms with E-state index in [1.54, 1.807) is 0 Å². The Kier molecular flexibility index (Phi) is 7.09. The van der Waals surface area contributed by atoms with E-state index in [1.807, 2.05) is 43.3 Å². The van der Waals surface area contributed by atoms with Crippen LogP contribution >= 0.6 is 0 Å². The average Bonchev–Trinajstić information content (AvgIpc) is 2.82. The number of rotatable bonds is 6. The number of halogens is 4. The number of fused-ring (bicyclic) bond motifs is 1. The molecule has 1 aliphatic rings. The third-order valence-electron chi connectivity index (χ3n) is 6.27. The first kappa shape index (κ1) is 24.7. The van der Waals surface area contributed by atoms with Crippen molar-refractivity contribution in [3.63, 3.8) is 0 Å². The van der Waals surface area contributed by atoms with Crippen LogP contribution in [0.4, 0.5) is 29.3 Å². The summed E-state index contributed by atoms with van der Waals surface area (Å²) in [6.07, 6.45) is -2.10. The molecule has 1 amide bonds. The molecular weight excluding hydrogens is 462 g/mol. The van der Waals surface area contributed by atoms with Gasteiger partial charge in [-0.05, 0) is 55.5 Å². The van der Waals surface area contributed by atoms with Crippen molar-refractivity contribution in [1.82, 2.24) is 15.3 Å². The maximum absolute atomic E-state index is 13.3. The molecule has 1 heterocycles. The molecule has 1 aliphatic carbocycles. The number of hydrogen-bond acceptors (Lipinski definition) is 5. The number of benzene rings is 2. The molecule has 186 valence electrons. The molecule has 0 radical (unpaired) electrons. The minimum absolute atomic E-state index is 0.0872. The van der Waals surface area contributed by atoms with Gasteiger partial charge in [-0.3, -0.25) is 4.79 Å². The van der Waals surface area contributed by atoms with Gasteiger partial charge in [-0.1, -0.05) is 18.2 Å². The summed E-state index contributed by atoms with van der Waals surface area (Å²) in [5.41, 5.74) is -0.397. The van der Waals surface area contributed by atoms with Crippen LogP contribution in [0.25, 0.3) is 10.9 Å². The molecule has 6 nitrogen and oxygen atoms in total. The van der Waals surface area contributed by atoms with Crippen molar-refractivity contribution >= 4 is 28.6 Å². The van der Waals surface area contributed by atoms with Crippen molar-refractivity contribution in [3.05, 3.63) is 59.4 Å². The Morgan fingerprint density at radius 3 is 2.46 bits per heavy atom. The van der Waals surface area contributed by atoms with Crippen LogP contribution in [0, 0.1) is 11.7 Å². The number of alkyl halides is 3. The minimum atomic E-state index is -4.69. The Hall–Kier alpha value is -3.43. The summed E-state index contributed by atoms with van der Waals surface area (Å²) in [5.74, 6) is -0.219. The van der Waals surface area contributed by atoms with E-state index in [4.69, 9.17) is 0 Å². The second-order valence-corrected chi connectivity index (χ2v) is 8.99. The molecular formula is C25H27F4N5O. The molecule has 0 atom stereocenters. The Morgan fingerprint density at radius 2 is 1.77 bits per heavy atom. The van der Waals surface area contributed by atoms with Gasteiger partial charge in [0.15, 0.2) is 0 Å². The fourth-order valence-corrected chi connectivity index (χ4v) is 4.44. The standard InChI is InChI=1S/C25H27F4N5O/c1-34(2)22-19-5-3-4-6-21(19)32-24(33-22)31-18-11-8-15(9-12-18)23(35)30-14-16-7-10-17(26)13-20(16)25(27,28)29/h3-7,10,13,15,18H,8-9,11-12,14H2,1-2H3,(H,30,35)(H,31,32,33). The van der Waals surface area contributed by atoms with Gasteiger partial charge in [-0.25, -0.2) is 9.37 Å². The van der Waals surface area contributed by atoms with E-state index in [9.17, 15) is 22.4 Å². The minimum Gasteiger partial charge on any atom is -0.362 e. The van der Waals surface area contributed by atoms with Gasteiger partial charge in [0.25, 0.3) is 0 Å². The fourth-order valence-electron chi connectivity index (χ4n) is 4.44. The second-order valence-electron chi connectivity index (χ2n) is 8.99. The number of hydrogen-bond donors (Lipinski definition) is 2. The van der Waals surface area contributed by atoms with E-state index in [-0.39, 0.29) is 30.0 Å². The smallest absolute Gasteiger partial charge is 0.362 e. The first-order chi connectivity index (χ1) is 16.6. The molecule has 0 unspecified atom stereocenters. The van der Waals surface area contributed by atoms with Gasteiger partial charge in [0.2, 0.25) is 11.9 Å². The third kappa shape index (κ3) is 5.80. The zero-order valence-electron chi connectivity index (χ0n) is 19.5. The normalized spacial score (nSPS) is 18.3. The Labute approximate surface area is 200 Å². The largest absolute Gasteiger partial charge is 0.416 e. The molecule has 0 aliphatic heterocycles. The first-order valence-electron chi connectivity index (χ1n) is 11.5. The monoisotopic (exact) mass is 489 g/mol. The van der Waals surface area contributed by atoms with E-state index in [1.165, 1.54) is 0 Å². The molecule has 4 rings (SSSR count). The number of amides is 1. The number of aromatic nitrogens is 2. The van der Waals surface area contributed by atoms with Gasteiger partial charge in [0, 0.05) is 38.0 Å². The van der Waals surface area contributed by atoms with Crippen LogP contribution in [0.5, 0.6) is 0 Å². The van der Waals surface area contributed by atoms with Gasteiger partial charge >= 0.3 is 6.18 Å². The van der Waals surface area contributed by atoms with Crippen LogP contribution in [0.15, 0.2) is 42.5 Å². The first-order valence-corrected chi connectivity index (χ1v) is 11.5. The molecule has 10 heteroatoms. The van der Waals surface area contributed by atoms with Crippen molar-refractivity contribution in [2.75, 3.05) is 24.3 Å². The summed E-state index contributed by atoms with van der Waals surface area (Å²) in [5, 5.41) is 6.92. The Bertz CT molecular complexity index is 1210. The molecule has 0 saturated heterocycles. The van der Waals surface area contributed by atoms with Crippen molar-refractivity contribution in [3.8, 4) is 0 Å². The highest BCUT2D eigenvalue weighted by Crippen LogP contribution is 2.33. The van der Waals surface area contributed by atoms with Crippen molar-refractivity contribution in [2.45, 2.75) is 44.4 Å². The lowest BCUT2D eigenvalue weighted by atomic mass is 9.85. The molecule has 3 aromatic rings. The molecule has 0 spiro atoms. The van der Waals surface area contributed by atoms with E-state index in [0.717, 1.165) is 28.9 Å². The summed E-state index contributed by atoms with van der Waals surface area (Å²) < 4.78 is 52.9. The molecule has 1 saturated carbocycles. The number of para-hydroxylation sites is 1. The highest BCUT2D eigenvalue weighted by molar-refractivity contribution is 5.90. The van der Waals surface area contributed by atoms with E-state index in [2.05, 4.69) is 20.6 Å². The molecule has 0 bridgehead atoms. The number of carbonyl (C=O) groups is 1. The van der Waals surface area contributed by atoms with Crippen LogP contribution in [0.2, 0.25) is 0 Å². The van der Waals surface area contributed by atoms with Crippen LogP contribution in [-0.2, 0) is 17.5 Å². The molecule has 1 fully saturated rings. The summed E-state index contributed by atoms with van der Waals surface area (Å²) in [7, 11) is 3.85. The SMILES string of the molecule is CN(C)c1nc(NC2CCC(C(=O)NCc3ccc(F)cc3C(F)(F)F)CC2)nc2ccccc12.